The van der Waals surface area contributed by atoms with E-state index in [0.29, 0.717) is 6.54 Å². The number of nitrogens with one attached hydrogen (secondary N) is 1. The number of hydrogen-bond donors (Lipinski definition) is 1. The quantitative estimate of drug-likeness (QED) is 0.823. The number of likely N-dealkylation sites (N-methyl/N-ethyl adjacent to an activating group) is 1. The number of aromatic nitrogens is 2. The van der Waals surface area contributed by atoms with Crippen molar-refractivity contribution in [2.24, 2.45) is 7.05 Å². The van der Waals surface area contributed by atoms with E-state index in [-0.39, 0.29) is 12.1 Å². The molecule has 1 atom stereocenters. The van der Waals surface area contributed by atoms with Gasteiger partial charge in [-0.3, -0.25) is 4.68 Å². The van der Waals surface area contributed by atoms with Gasteiger partial charge >= 0.3 is 6.03 Å². The largest absolute Gasteiger partial charge is 0.336 e. The molecule has 0 aliphatic heterocycles. The highest BCUT2D eigenvalue weighted by Gasteiger charge is 2.17. The van der Waals surface area contributed by atoms with Crippen molar-refractivity contribution in [2.45, 2.75) is 25.8 Å². The highest BCUT2D eigenvalue weighted by Crippen LogP contribution is 2.16. The molecule has 1 N–H and O–H groups in total. The van der Waals surface area contributed by atoms with Crippen molar-refractivity contribution in [3.63, 3.8) is 0 Å². The van der Waals surface area contributed by atoms with Crippen LogP contribution in [0.4, 0.5) is 4.79 Å². The smallest absolute Gasteiger partial charge is 0.317 e. The third-order valence-electron chi connectivity index (χ3n) is 3.37. The van der Waals surface area contributed by atoms with E-state index < -0.39 is 0 Å². The second-order valence-electron chi connectivity index (χ2n) is 5.39. The van der Waals surface area contributed by atoms with Gasteiger partial charge in [0.25, 0.3) is 0 Å². The molecule has 2 amide bonds. The van der Waals surface area contributed by atoms with Crippen molar-refractivity contribution in [1.82, 2.24) is 24.9 Å². The fourth-order valence-electron chi connectivity index (χ4n) is 2.03. The Morgan fingerprint density at radius 3 is 2.65 bits per heavy atom. The fraction of sp³-hybridized carbons (Fsp3) is 0.714. The first-order valence-electron chi connectivity index (χ1n) is 7.09. The van der Waals surface area contributed by atoms with Crippen molar-refractivity contribution in [3.05, 3.63) is 18.0 Å². The third-order valence-corrected chi connectivity index (χ3v) is 3.37. The van der Waals surface area contributed by atoms with Crippen LogP contribution in [0.1, 0.15) is 31.4 Å². The Bertz CT molecular complexity index is 415. The maximum atomic E-state index is 12.0. The molecule has 0 aromatic carbocycles. The highest BCUT2D eigenvalue weighted by molar-refractivity contribution is 5.73. The lowest BCUT2D eigenvalue weighted by atomic mass is 10.1. The van der Waals surface area contributed by atoms with Crippen LogP contribution in [0, 0.1) is 0 Å². The Balaban J connectivity index is 2.53. The normalized spacial score (nSPS) is 12.5. The lowest BCUT2D eigenvalue weighted by Crippen LogP contribution is -2.41. The maximum absolute atomic E-state index is 12.0. The monoisotopic (exact) mass is 281 g/mol. The van der Waals surface area contributed by atoms with E-state index in [2.05, 4.69) is 22.2 Å². The zero-order valence-electron chi connectivity index (χ0n) is 13.3. The molecule has 0 aliphatic carbocycles. The number of hydrogen-bond acceptors (Lipinski definition) is 3. The summed E-state index contributed by atoms with van der Waals surface area (Å²) in [5.41, 5.74) is 1.11. The van der Waals surface area contributed by atoms with Crippen LogP contribution in [0.5, 0.6) is 0 Å². The zero-order valence-corrected chi connectivity index (χ0v) is 13.3. The summed E-state index contributed by atoms with van der Waals surface area (Å²) >= 11 is 0. The summed E-state index contributed by atoms with van der Waals surface area (Å²) in [6.07, 6.45) is 5.95. The predicted molar refractivity (Wildman–Crippen MR) is 80.6 cm³/mol. The van der Waals surface area contributed by atoms with Crippen molar-refractivity contribution in [3.8, 4) is 0 Å². The molecule has 0 bridgehead atoms. The first-order valence-corrected chi connectivity index (χ1v) is 7.09. The molecule has 0 radical (unpaired) electrons. The summed E-state index contributed by atoms with van der Waals surface area (Å²) in [5, 5.41) is 7.18. The van der Waals surface area contributed by atoms with Gasteiger partial charge < -0.3 is 15.1 Å². The van der Waals surface area contributed by atoms with Crippen LogP contribution in [0.2, 0.25) is 0 Å². The standard InChI is InChI=1S/C14H27N5O/c1-6-7-8-18(4)14(20)15-10-13(17(2)3)12-9-16-19(5)11-12/h9,11,13H,6-8,10H2,1-5H3,(H,15,20). The molecular formula is C14H27N5O. The fourth-order valence-corrected chi connectivity index (χ4v) is 2.03. The average molecular weight is 281 g/mol. The third kappa shape index (κ3) is 4.85. The number of amides is 2. The molecule has 1 aromatic heterocycles. The minimum Gasteiger partial charge on any atom is -0.336 e. The summed E-state index contributed by atoms with van der Waals surface area (Å²) < 4.78 is 1.78. The second-order valence-corrected chi connectivity index (χ2v) is 5.39. The van der Waals surface area contributed by atoms with Crippen molar-refractivity contribution in [2.75, 3.05) is 34.2 Å². The van der Waals surface area contributed by atoms with Gasteiger partial charge in [-0.15, -0.1) is 0 Å². The summed E-state index contributed by atoms with van der Waals surface area (Å²) in [6, 6.07) is 0.112. The average Bonchev–Trinajstić information content (AvgIpc) is 2.81. The number of aryl methyl sites for hydroxylation is 1. The molecule has 0 spiro atoms. The van der Waals surface area contributed by atoms with E-state index in [1.807, 2.05) is 40.6 Å². The first kappa shape index (κ1) is 16.5. The Labute approximate surface area is 121 Å². The van der Waals surface area contributed by atoms with Gasteiger partial charge in [0.15, 0.2) is 0 Å². The van der Waals surface area contributed by atoms with Crippen LogP contribution < -0.4 is 5.32 Å². The molecule has 0 fully saturated rings. The van der Waals surface area contributed by atoms with Gasteiger partial charge in [-0.2, -0.15) is 5.10 Å². The number of nitrogens with zero attached hydrogens (tertiary/aromatic N) is 4. The Hall–Kier alpha value is -1.56. The van der Waals surface area contributed by atoms with Gasteiger partial charge in [0.05, 0.1) is 12.2 Å². The van der Waals surface area contributed by atoms with E-state index in [1.165, 1.54) is 0 Å². The molecule has 0 saturated carbocycles. The predicted octanol–water partition coefficient (Wildman–Crippen LogP) is 1.46. The topological polar surface area (TPSA) is 53.4 Å². The number of carbonyl (C=O) groups excluding carboxylic acids is 1. The number of carbonyl (C=O) groups is 1. The van der Waals surface area contributed by atoms with Crippen LogP contribution in [0.3, 0.4) is 0 Å². The van der Waals surface area contributed by atoms with Crippen molar-refractivity contribution in [1.29, 1.82) is 0 Å². The van der Waals surface area contributed by atoms with Gasteiger partial charge in [0, 0.05) is 38.9 Å². The Morgan fingerprint density at radius 2 is 2.15 bits per heavy atom. The van der Waals surface area contributed by atoms with Crippen molar-refractivity contribution >= 4 is 6.03 Å². The van der Waals surface area contributed by atoms with Gasteiger partial charge in [-0.1, -0.05) is 13.3 Å². The van der Waals surface area contributed by atoms with Gasteiger partial charge in [-0.05, 0) is 20.5 Å². The van der Waals surface area contributed by atoms with Crippen LogP contribution in [-0.4, -0.2) is 59.8 Å². The van der Waals surface area contributed by atoms with Gasteiger partial charge in [0.2, 0.25) is 0 Å². The second kappa shape index (κ2) is 7.89. The molecule has 0 aliphatic rings. The van der Waals surface area contributed by atoms with Crippen LogP contribution in [0.25, 0.3) is 0 Å². The summed E-state index contributed by atoms with van der Waals surface area (Å²) in [7, 11) is 7.74. The summed E-state index contributed by atoms with van der Waals surface area (Å²) in [4.78, 5) is 15.8. The lowest BCUT2D eigenvalue weighted by molar-refractivity contribution is 0.202. The van der Waals surface area contributed by atoms with Gasteiger partial charge in [0.1, 0.15) is 0 Å². The summed E-state index contributed by atoms with van der Waals surface area (Å²) in [5.74, 6) is 0. The van der Waals surface area contributed by atoms with Crippen LogP contribution in [0.15, 0.2) is 12.4 Å². The SMILES string of the molecule is CCCCN(C)C(=O)NCC(c1cnn(C)c1)N(C)C. The maximum Gasteiger partial charge on any atom is 0.317 e. The van der Waals surface area contributed by atoms with Crippen molar-refractivity contribution < 1.29 is 4.79 Å². The molecule has 114 valence electrons. The molecule has 1 unspecified atom stereocenters. The van der Waals surface area contributed by atoms with Gasteiger partial charge in [-0.25, -0.2) is 4.79 Å². The molecule has 1 rings (SSSR count). The Kier molecular flexibility index (Phi) is 6.51. The number of urea groups is 1. The van der Waals surface area contributed by atoms with E-state index in [4.69, 9.17) is 0 Å². The molecule has 6 heteroatoms. The van der Waals surface area contributed by atoms with E-state index in [0.717, 1.165) is 24.9 Å². The molecule has 1 heterocycles. The molecule has 6 nitrogen and oxygen atoms in total. The minimum absolute atomic E-state index is 0.0193. The minimum atomic E-state index is -0.0193. The first-order chi connectivity index (χ1) is 9.45. The number of unbranched alkanes of at least 4 members (excludes halogenated alkanes) is 1. The van der Waals surface area contributed by atoms with Crippen LogP contribution in [-0.2, 0) is 7.05 Å². The van der Waals surface area contributed by atoms with E-state index >= 15 is 0 Å². The molecule has 1 aromatic rings. The molecular weight excluding hydrogens is 254 g/mol. The zero-order chi connectivity index (χ0) is 15.1. The number of rotatable bonds is 7. The highest BCUT2D eigenvalue weighted by atomic mass is 16.2. The Morgan fingerprint density at radius 1 is 1.45 bits per heavy atom. The van der Waals surface area contributed by atoms with E-state index in [9.17, 15) is 4.79 Å². The summed E-state index contributed by atoms with van der Waals surface area (Å²) in [6.45, 7) is 3.49. The van der Waals surface area contributed by atoms with Crippen LogP contribution >= 0.6 is 0 Å². The molecule has 0 saturated heterocycles. The van der Waals surface area contributed by atoms with E-state index in [1.54, 1.807) is 9.58 Å². The lowest BCUT2D eigenvalue weighted by Gasteiger charge is -2.25. The molecule has 20 heavy (non-hydrogen) atoms.